The number of rotatable bonds is 7. The molecular formula is C25H28N2O7. The quantitative estimate of drug-likeness (QED) is 0.484. The summed E-state index contributed by atoms with van der Waals surface area (Å²) in [5.74, 6) is -2.48. The van der Waals surface area contributed by atoms with Crippen molar-refractivity contribution < 1.29 is 34.4 Å². The van der Waals surface area contributed by atoms with Crippen molar-refractivity contribution in [3.05, 3.63) is 59.7 Å². The number of carbonyl (C=O) groups excluding carboxylic acids is 2. The lowest BCUT2D eigenvalue weighted by molar-refractivity contribution is -0.149. The Labute approximate surface area is 197 Å². The lowest BCUT2D eigenvalue weighted by atomic mass is 9.95. The molecule has 1 aliphatic carbocycles. The number of β-amino-alcohol motifs (C(OH)–C–C–N with tert-alkyl or cyclic N) is 1. The molecule has 0 spiro atoms. The molecule has 0 aromatic heterocycles. The molecule has 9 nitrogen and oxygen atoms in total. The highest BCUT2D eigenvalue weighted by atomic mass is 16.5. The number of carboxylic acids is 1. The molecule has 9 heteroatoms. The number of hydrogen-bond donors (Lipinski definition) is 4. The van der Waals surface area contributed by atoms with Crippen LogP contribution in [0.25, 0.3) is 11.1 Å². The summed E-state index contributed by atoms with van der Waals surface area (Å²) >= 11 is 0. The fourth-order valence-corrected chi connectivity index (χ4v) is 4.71. The van der Waals surface area contributed by atoms with Crippen LogP contribution < -0.4 is 5.32 Å². The maximum absolute atomic E-state index is 12.4. The van der Waals surface area contributed by atoms with Crippen molar-refractivity contribution in [2.75, 3.05) is 26.2 Å². The fraction of sp³-hybridized carbons (Fsp3) is 0.400. The molecule has 1 heterocycles. The summed E-state index contributed by atoms with van der Waals surface area (Å²) < 4.78 is 5.41. The molecule has 3 unspecified atom stereocenters. The summed E-state index contributed by atoms with van der Waals surface area (Å²) in [6.07, 6.45) is -3.01. The summed E-state index contributed by atoms with van der Waals surface area (Å²) in [7, 11) is 0. The molecule has 1 saturated heterocycles. The predicted octanol–water partition coefficient (Wildman–Crippen LogP) is 1.57. The standard InChI is InChI=1S/C25H28N2O7/c28-16(10-23(30)27-12-15(24(31)32)9-17(29)13-27)11-26-25(33)34-14-22-20-7-3-1-5-18(20)19-6-2-4-8-21(19)22/h1-8,15-17,22,28-29H,9-14H2,(H,26,33)(H,31,32). The predicted molar refractivity (Wildman–Crippen MR) is 122 cm³/mol. The lowest BCUT2D eigenvalue weighted by Gasteiger charge is -2.34. The first-order chi connectivity index (χ1) is 16.3. The molecule has 4 rings (SSSR count). The Bertz CT molecular complexity index is 1030. The summed E-state index contributed by atoms with van der Waals surface area (Å²) in [5, 5.41) is 31.7. The minimum atomic E-state index is -1.17. The number of amides is 2. The van der Waals surface area contributed by atoms with Crippen molar-refractivity contribution >= 4 is 18.0 Å². The minimum absolute atomic E-state index is 0.0161. The van der Waals surface area contributed by atoms with Crippen LogP contribution in [0, 0.1) is 5.92 Å². The van der Waals surface area contributed by atoms with Crippen LogP contribution in [0.15, 0.2) is 48.5 Å². The van der Waals surface area contributed by atoms with Gasteiger partial charge in [0.2, 0.25) is 5.91 Å². The Hall–Kier alpha value is -3.43. The highest BCUT2D eigenvalue weighted by molar-refractivity contribution is 5.80. The molecular weight excluding hydrogens is 440 g/mol. The number of likely N-dealkylation sites (tertiary alicyclic amines) is 1. The third-order valence-corrected chi connectivity index (χ3v) is 6.37. The van der Waals surface area contributed by atoms with Crippen LogP contribution in [0.2, 0.25) is 0 Å². The van der Waals surface area contributed by atoms with Gasteiger partial charge in [-0.2, -0.15) is 0 Å². The van der Waals surface area contributed by atoms with Gasteiger partial charge in [0.05, 0.1) is 24.5 Å². The molecule has 0 saturated carbocycles. The normalized spacial score (nSPS) is 20.2. The van der Waals surface area contributed by atoms with Crippen molar-refractivity contribution in [1.29, 1.82) is 0 Å². The first kappa shape index (κ1) is 23.7. The van der Waals surface area contributed by atoms with Crippen LogP contribution in [-0.2, 0) is 14.3 Å². The first-order valence-corrected chi connectivity index (χ1v) is 11.3. The van der Waals surface area contributed by atoms with Gasteiger partial charge >= 0.3 is 12.1 Å². The molecule has 2 amide bonds. The maximum Gasteiger partial charge on any atom is 0.407 e. The van der Waals surface area contributed by atoms with Crippen LogP contribution in [-0.4, -0.2) is 76.6 Å². The van der Waals surface area contributed by atoms with E-state index in [1.165, 1.54) is 4.90 Å². The Balaban J connectivity index is 1.25. The zero-order chi connectivity index (χ0) is 24.2. The van der Waals surface area contributed by atoms with E-state index in [-0.39, 0.29) is 45.0 Å². The van der Waals surface area contributed by atoms with E-state index in [9.17, 15) is 24.6 Å². The SMILES string of the molecule is O=C(NCC(O)CC(=O)N1CC(O)CC(C(=O)O)C1)OCC1c2ccccc2-c2ccccc21. The largest absolute Gasteiger partial charge is 0.481 e. The number of ether oxygens (including phenoxy) is 1. The summed E-state index contributed by atoms with van der Waals surface area (Å²) in [6, 6.07) is 16.0. The number of alkyl carbamates (subject to hydrolysis) is 1. The fourth-order valence-electron chi connectivity index (χ4n) is 4.71. The van der Waals surface area contributed by atoms with Crippen molar-refractivity contribution in [3.63, 3.8) is 0 Å². The van der Waals surface area contributed by atoms with Gasteiger partial charge in [0.1, 0.15) is 6.61 Å². The third kappa shape index (κ3) is 5.21. The second-order valence-electron chi connectivity index (χ2n) is 8.79. The molecule has 1 aliphatic heterocycles. The average molecular weight is 469 g/mol. The highest BCUT2D eigenvalue weighted by Crippen LogP contribution is 2.44. The zero-order valence-electron chi connectivity index (χ0n) is 18.6. The first-order valence-electron chi connectivity index (χ1n) is 11.3. The second kappa shape index (κ2) is 10.2. The second-order valence-corrected chi connectivity index (χ2v) is 8.79. The lowest BCUT2D eigenvalue weighted by Crippen LogP contribution is -2.49. The molecule has 4 N–H and O–H groups in total. The molecule has 0 bridgehead atoms. The van der Waals surface area contributed by atoms with Crippen LogP contribution in [0.3, 0.4) is 0 Å². The Morgan fingerprint density at radius 3 is 2.26 bits per heavy atom. The molecule has 3 atom stereocenters. The van der Waals surface area contributed by atoms with E-state index >= 15 is 0 Å². The zero-order valence-corrected chi connectivity index (χ0v) is 18.6. The average Bonchev–Trinajstić information content (AvgIpc) is 3.14. The van der Waals surface area contributed by atoms with Crippen LogP contribution in [0.1, 0.15) is 29.9 Å². The van der Waals surface area contributed by atoms with Gasteiger partial charge in [-0.05, 0) is 28.7 Å². The number of aliphatic hydroxyl groups is 2. The number of carbonyl (C=O) groups is 3. The topological polar surface area (TPSA) is 136 Å². The van der Waals surface area contributed by atoms with Crippen LogP contribution in [0.4, 0.5) is 4.79 Å². The number of carboxylic acid groups (broad SMARTS) is 1. The van der Waals surface area contributed by atoms with Gasteiger partial charge in [-0.25, -0.2) is 4.79 Å². The van der Waals surface area contributed by atoms with E-state index in [2.05, 4.69) is 5.32 Å². The van der Waals surface area contributed by atoms with E-state index in [1.807, 2.05) is 48.5 Å². The number of fused-ring (bicyclic) bond motifs is 3. The van der Waals surface area contributed by atoms with Gasteiger partial charge in [0.25, 0.3) is 0 Å². The molecule has 34 heavy (non-hydrogen) atoms. The van der Waals surface area contributed by atoms with Crippen molar-refractivity contribution in [1.82, 2.24) is 10.2 Å². The number of piperidine rings is 1. The molecule has 0 radical (unpaired) electrons. The Morgan fingerprint density at radius 2 is 1.65 bits per heavy atom. The summed E-state index contributed by atoms with van der Waals surface area (Å²) in [4.78, 5) is 37.1. The van der Waals surface area contributed by atoms with Gasteiger partial charge in [0, 0.05) is 25.6 Å². The molecule has 1 fully saturated rings. The van der Waals surface area contributed by atoms with Gasteiger partial charge < -0.3 is 30.3 Å². The van der Waals surface area contributed by atoms with Crippen molar-refractivity contribution in [2.24, 2.45) is 5.92 Å². The number of nitrogens with one attached hydrogen (secondary N) is 1. The molecule has 2 aromatic rings. The summed E-state index contributed by atoms with van der Waals surface area (Å²) in [6.45, 7) is -0.0504. The van der Waals surface area contributed by atoms with Gasteiger partial charge in [-0.15, -0.1) is 0 Å². The third-order valence-electron chi connectivity index (χ3n) is 6.37. The van der Waals surface area contributed by atoms with Crippen molar-refractivity contribution in [2.45, 2.75) is 31.0 Å². The molecule has 180 valence electrons. The maximum atomic E-state index is 12.4. The van der Waals surface area contributed by atoms with Crippen LogP contribution in [0.5, 0.6) is 0 Å². The Kier molecular flexibility index (Phi) is 7.14. The molecule has 2 aromatic carbocycles. The number of aliphatic carboxylic acids is 1. The highest BCUT2D eigenvalue weighted by Gasteiger charge is 2.33. The minimum Gasteiger partial charge on any atom is -0.481 e. The summed E-state index contributed by atoms with van der Waals surface area (Å²) in [5.41, 5.74) is 4.42. The number of nitrogens with zero attached hydrogens (tertiary/aromatic N) is 1. The van der Waals surface area contributed by atoms with Gasteiger partial charge in [0.15, 0.2) is 0 Å². The van der Waals surface area contributed by atoms with E-state index in [1.54, 1.807) is 0 Å². The number of hydrogen-bond acceptors (Lipinski definition) is 6. The van der Waals surface area contributed by atoms with Crippen molar-refractivity contribution in [3.8, 4) is 11.1 Å². The van der Waals surface area contributed by atoms with Gasteiger partial charge in [-0.3, -0.25) is 9.59 Å². The van der Waals surface area contributed by atoms with E-state index in [0.29, 0.717) is 0 Å². The smallest absolute Gasteiger partial charge is 0.407 e. The van der Waals surface area contributed by atoms with Gasteiger partial charge in [-0.1, -0.05) is 48.5 Å². The number of aliphatic hydroxyl groups excluding tert-OH is 2. The van der Waals surface area contributed by atoms with E-state index in [4.69, 9.17) is 9.84 Å². The van der Waals surface area contributed by atoms with E-state index in [0.717, 1.165) is 22.3 Å². The number of benzene rings is 2. The Morgan fingerprint density at radius 1 is 1.03 bits per heavy atom. The van der Waals surface area contributed by atoms with Crippen LogP contribution >= 0.6 is 0 Å². The van der Waals surface area contributed by atoms with E-state index < -0.39 is 36.1 Å². The molecule has 2 aliphatic rings. The monoisotopic (exact) mass is 468 g/mol.